The van der Waals surface area contributed by atoms with E-state index >= 15 is 0 Å². The average molecular weight is 297 g/mol. The lowest BCUT2D eigenvalue weighted by Gasteiger charge is -2.20. The molecular weight excluding hydrogens is 272 g/mol. The number of anilines is 1. The summed E-state index contributed by atoms with van der Waals surface area (Å²) in [5.74, 6) is 0.668. The topological polar surface area (TPSA) is 32.3 Å². The zero-order chi connectivity index (χ0) is 15.3. The summed E-state index contributed by atoms with van der Waals surface area (Å²) in [7, 11) is 3.51. The number of benzene rings is 1. The van der Waals surface area contributed by atoms with E-state index in [0.29, 0.717) is 22.5 Å². The quantitative estimate of drug-likeness (QED) is 0.850. The van der Waals surface area contributed by atoms with Crippen LogP contribution in [-0.2, 0) is 0 Å². The Hall–Kier alpha value is -1.22. The van der Waals surface area contributed by atoms with Crippen LogP contribution in [0, 0.1) is 5.92 Å². The van der Waals surface area contributed by atoms with Crippen molar-refractivity contribution in [3.8, 4) is 0 Å². The summed E-state index contributed by atoms with van der Waals surface area (Å²) < 4.78 is 0. The third kappa shape index (κ3) is 5.04. The third-order valence-corrected chi connectivity index (χ3v) is 3.43. The van der Waals surface area contributed by atoms with Crippen molar-refractivity contribution in [3.63, 3.8) is 0 Å². The Labute approximate surface area is 127 Å². The molecule has 0 bridgehead atoms. The van der Waals surface area contributed by atoms with E-state index in [2.05, 4.69) is 26.1 Å². The molecule has 0 fully saturated rings. The van der Waals surface area contributed by atoms with Crippen LogP contribution in [0.1, 0.15) is 44.0 Å². The van der Waals surface area contributed by atoms with Crippen molar-refractivity contribution in [1.29, 1.82) is 0 Å². The van der Waals surface area contributed by atoms with Gasteiger partial charge in [0.1, 0.15) is 0 Å². The number of hydrogen-bond acceptors (Lipinski definition) is 2. The molecule has 112 valence electrons. The van der Waals surface area contributed by atoms with Gasteiger partial charge >= 0.3 is 0 Å². The first-order valence-electron chi connectivity index (χ1n) is 7.09. The smallest absolute Gasteiger partial charge is 0.255 e. The van der Waals surface area contributed by atoms with Crippen LogP contribution in [0.4, 0.5) is 5.69 Å². The average Bonchev–Trinajstić information content (AvgIpc) is 2.35. The first kappa shape index (κ1) is 16.8. The minimum Gasteiger partial charge on any atom is -0.382 e. The van der Waals surface area contributed by atoms with Gasteiger partial charge in [0.2, 0.25) is 0 Å². The standard InChI is InChI=1S/C16H25ClN2O/c1-11(2)6-7-12(3)18-15-10-13(17)8-9-14(15)16(20)19(4)5/h8-12,18H,6-7H2,1-5H3. The van der Waals surface area contributed by atoms with Crippen molar-refractivity contribution in [2.75, 3.05) is 19.4 Å². The van der Waals surface area contributed by atoms with E-state index in [0.717, 1.165) is 18.5 Å². The fraction of sp³-hybridized carbons (Fsp3) is 0.562. The summed E-state index contributed by atoms with van der Waals surface area (Å²) in [4.78, 5) is 13.7. The Kier molecular flexibility index (Phi) is 6.34. The molecule has 1 N–H and O–H groups in total. The highest BCUT2D eigenvalue weighted by atomic mass is 35.5. The molecule has 0 spiro atoms. The molecule has 0 aliphatic rings. The summed E-state index contributed by atoms with van der Waals surface area (Å²) in [6.07, 6.45) is 2.23. The highest BCUT2D eigenvalue weighted by Crippen LogP contribution is 2.24. The zero-order valence-corrected chi connectivity index (χ0v) is 13.8. The molecule has 0 saturated carbocycles. The summed E-state index contributed by atoms with van der Waals surface area (Å²) in [6, 6.07) is 5.67. The van der Waals surface area contributed by atoms with Crippen molar-refractivity contribution in [2.45, 2.75) is 39.7 Å². The Morgan fingerprint density at radius 2 is 1.90 bits per heavy atom. The molecule has 0 aliphatic heterocycles. The number of carbonyl (C=O) groups excluding carboxylic acids is 1. The first-order chi connectivity index (χ1) is 9.31. The van der Waals surface area contributed by atoms with Crippen molar-refractivity contribution >= 4 is 23.2 Å². The van der Waals surface area contributed by atoms with Gasteiger partial charge in [0, 0.05) is 30.8 Å². The molecule has 0 heterocycles. The van der Waals surface area contributed by atoms with Crippen LogP contribution in [-0.4, -0.2) is 30.9 Å². The van der Waals surface area contributed by atoms with Crippen LogP contribution < -0.4 is 5.32 Å². The molecular formula is C16H25ClN2O. The summed E-state index contributed by atoms with van der Waals surface area (Å²) in [5, 5.41) is 4.05. The van der Waals surface area contributed by atoms with Gasteiger partial charge in [0.25, 0.3) is 5.91 Å². The molecule has 0 radical (unpaired) electrons. The van der Waals surface area contributed by atoms with E-state index in [1.54, 1.807) is 31.1 Å². The molecule has 1 unspecified atom stereocenters. The highest BCUT2D eigenvalue weighted by molar-refractivity contribution is 6.31. The number of rotatable bonds is 6. The predicted octanol–water partition coefficient (Wildman–Crippen LogP) is 4.28. The van der Waals surface area contributed by atoms with Crippen LogP contribution >= 0.6 is 11.6 Å². The molecule has 3 nitrogen and oxygen atoms in total. The van der Waals surface area contributed by atoms with Crippen molar-refractivity contribution in [3.05, 3.63) is 28.8 Å². The molecule has 1 aromatic rings. The number of amides is 1. The molecule has 0 aromatic heterocycles. The predicted molar refractivity (Wildman–Crippen MR) is 86.6 cm³/mol. The third-order valence-electron chi connectivity index (χ3n) is 3.20. The highest BCUT2D eigenvalue weighted by Gasteiger charge is 2.15. The second kappa shape index (κ2) is 7.53. The van der Waals surface area contributed by atoms with Crippen LogP contribution in [0.5, 0.6) is 0 Å². The Balaban J connectivity index is 2.87. The second-order valence-electron chi connectivity index (χ2n) is 5.91. The number of halogens is 1. The van der Waals surface area contributed by atoms with Gasteiger partial charge in [-0.3, -0.25) is 4.79 Å². The maximum absolute atomic E-state index is 12.2. The van der Waals surface area contributed by atoms with Gasteiger partial charge in [0.05, 0.1) is 5.56 Å². The molecule has 4 heteroatoms. The number of nitrogens with zero attached hydrogens (tertiary/aromatic N) is 1. The van der Waals surface area contributed by atoms with E-state index < -0.39 is 0 Å². The van der Waals surface area contributed by atoms with Gasteiger partial charge in [-0.05, 0) is 43.9 Å². The molecule has 1 aromatic carbocycles. The van der Waals surface area contributed by atoms with Crippen LogP contribution in [0.15, 0.2) is 18.2 Å². The molecule has 20 heavy (non-hydrogen) atoms. The van der Waals surface area contributed by atoms with Gasteiger partial charge in [-0.25, -0.2) is 0 Å². The lowest BCUT2D eigenvalue weighted by molar-refractivity contribution is 0.0828. The van der Waals surface area contributed by atoms with Gasteiger partial charge in [-0.2, -0.15) is 0 Å². The number of carbonyl (C=O) groups is 1. The minimum absolute atomic E-state index is 0.0137. The molecule has 0 saturated heterocycles. The zero-order valence-electron chi connectivity index (χ0n) is 13.0. The Bertz CT molecular complexity index is 458. The summed E-state index contributed by atoms with van der Waals surface area (Å²) in [6.45, 7) is 6.56. The first-order valence-corrected chi connectivity index (χ1v) is 7.46. The normalized spacial score (nSPS) is 12.3. The summed E-state index contributed by atoms with van der Waals surface area (Å²) in [5.41, 5.74) is 1.48. The lowest BCUT2D eigenvalue weighted by Crippen LogP contribution is -2.24. The Morgan fingerprint density at radius 3 is 2.45 bits per heavy atom. The molecule has 1 amide bonds. The summed E-state index contributed by atoms with van der Waals surface area (Å²) >= 11 is 6.05. The number of nitrogens with one attached hydrogen (secondary N) is 1. The minimum atomic E-state index is -0.0137. The van der Waals surface area contributed by atoms with Crippen LogP contribution in [0.3, 0.4) is 0 Å². The lowest BCUT2D eigenvalue weighted by atomic mass is 10.0. The maximum atomic E-state index is 12.2. The SMILES string of the molecule is CC(C)CCC(C)Nc1cc(Cl)ccc1C(=O)N(C)C. The fourth-order valence-electron chi connectivity index (χ4n) is 1.98. The molecule has 1 rings (SSSR count). The van der Waals surface area contributed by atoms with Crippen molar-refractivity contribution in [1.82, 2.24) is 4.90 Å². The van der Waals surface area contributed by atoms with Gasteiger partial charge in [0.15, 0.2) is 0 Å². The van der Waals surface area contributed by atoms with E-state index in [4.69, 9.17) is 11.6 Å². The second-order valence-corrected chi connectivity index (χ2v) is 6.34. The van der Waals surface area contributed by atoms with Gasteiger partial charge in [-0.1, -0.05) is 25.4 Å². The fourth-order valence-corrected chi connectivity index (χ4v) is 2.16. The van der Waals surface area contributed by atoms with Gasteiger partial charge < -0.3 is 10.2 Å². The molecule has 0 aliphatic carbocycles. The van der Waals surface area contributed by atoms with Crippen molar-refractivity contribution < 1.29 is 4.79 Å². The van der Waals surface area contributed by atoms with E-state index in [-0.39, 0.29) is 5.91 Å². The maximum Gasteiger partial charge on any atom is 0.255 e. The van der Waals surface area contributed by atoms with E-state index in [1.807, 2.05) is 6.07 Å². The van der Waals surface area contributed by atoms with E-state index in [1.165, 1.54) is 0 Å². The largest absolute Gasteiger partial charge is 0.382 e. The Morgan fingerprint density at radius 1 is 1.25 bits per heavy atom. The van der Waals surface area contributed by atoms with Crippen LogP contribution in [0.25, 0.3) is 0 Å². The molecule has 1 atom stereocenters. The monoisotopic (exact) mass is 296 g/mol. The number of hydrogen-bond donors (Lipinski definition) is 1. The van der Waals surface area contributed by atoms with Crippen molar-refractivity contribution in [2.24, 2.45) is 5.92 Å². The van der Waals surface area contributed by atoms with Gasteiger partial charge in [-0.15, -0.1) is 0 Å². The van der Waals surface area contributed by atoms with E-state index in [9.17, 15) is 4.79 Å². The van der Waals surface area contributed by atoms with Crippen LogP contribution in [0.2, 0.25) is 5.02 Å².